The molecule has 1 N–H and O–H groups in total. The average molecular weight is 383 g/mol. The lowest BCUT2D eigenvalue weighted by atomic mass is 10.1. The molecule has 1 aliphatic rings. The van der Waals surface area contributed by atoms with Crippen LogP contribution in [0.4, 0.5) is 10.5 Å². The van der Waals surface area contributed by atoms with Crippen LogP contribution in [0.25, 0.3) is 0 Å². The number of carbonyl (C=O) groups is 2. The first kappa shape index (κ1) is 20.1. The second-order valence-electron chi connectivity index (χ2n) is 7.73. The summed E-state index contributed by atoms with van der Waals surface area (Å²) in [6.07, 6.45) is 0. The summed E-state index contributed by atoms with van der Waals surface area (Å²) in [5.74, 6) is 0.155. The monoisotopic (exact) mass is 382 g/mol. The Morgan fingerprint density at radius 3 is 2.25 bits per heavy atom. The number of aryl methyl sites for hydroxylation is 1. The van der Waals surface area contributed by atoms with Gasteiger partial charge >= 0.3 is 6.03 Å². The first-order chi connectivity index (χ1) is 13.4. The van der Waals surface area contributed by atoms with Crippen LogP contribution in [0.1, 0.15) is 41.6 Å². The number of urea groups is 1. The average Bonchev–Trinajstić information content (AvgIpc) is 2.97. The number of Topliss-reactive ketones (excluding diaryl/α,β-unsaturated/α-hetero) is 1. The molecule has 0 unspecified atom stereocenters. The molecule has 2 amide bonds. The molecule has 0 saturated carbocycles. The molecule has 2 heterocycles. The van der Waals surface area contributed by atoms with Gasteiger partial charge in [-0.3, -0.25) is 9.69 Å². The van der Waals surface area contributed by atoms with Crippen LogP contribution >= 0.6 is 0 Å². The quantitative estimate of drug-likeness (QED) is 0.802. The van der Waals surface area contributed by atoms with E-state index in [0.717, 1.165) is 22.6 Å². The molecular weight excluding hydrogens is 352 g/mol. The van der Waals surface area contributed by atoms with Crippen LogP contribution in [0.3, 0.4) is 0 Å². The van der Waals surface area contributed by atoms with Crippen molar-refractivity contribution in [3.05, 3.63) is 53.3 Å². The Labute approximate surface area is 167 Å². The molecule has 6 heteroatoms. The lowest BCUT2D eigenvalue weighted by molar-refractivity contribution is 0.0883. The standard InChI is InChI=1S/C22H30N4O2/c1-16(2)26-17(3)14-20(18(26)4)21(27)15-24-10-12-25(13-11-24)22(28)23-19-8-6-5-7-9-19/h5-9,14,16H,10-13,15H2,1-4H3,(H,23,28). The molecule has 0 spiro atoms. The van der Waals surface area contributed by atoms with Crippen molar-refractivity contribution in [2.45, 2.75) is 33.7 Å². The van der Waals surface area contributed by atoms with Crippen molar-refractivity contribution in [1.82, 2.24) is 14.4 Å². The van der Waals surface area contributed by atoms with E-state index in [4.69, 9.17) is 0 Å². The Balaban J connectivity index is 1.54. The van der Waals surface area contributed by atoms with Gasteiger partial charge in [0.05, 0.1) is 6.54 Å². The zero-order valence-corrected chi connectivity index (χ0v) is 17.2. The van der Waals surface area contributed by atoms with E-state index in [1.165, 1.54) is 0 Å². The number of nitrogens with zero attached hydrogens (tertiary/aromatic N) is 3. The van der Waals surface area contributed by atoms with Crippen LogP contribution < -0.4 is 5.32 Å². The van der Waals surface area contributed by atoms with Crippen molar-refractivity contribution in [3.8, 4) is 0 Å². The first-order valence-electron chi connectivity index (χ1n) is 9.91. The number of ketones is 1. The third-order valence-corrected chi connectivity index (χ3v) is 5.35. The number of hydrogen-bond donors (Lipinski definition) is 1. The SMILES string of the molecule is Cc1cc(C(=O)CN2CCN(C(=O)Nc3ccccc3)CC2)c(C)n1C(C)C. The highest BCUT2D eigenvalue weighted by Crippen LogP contribution is 2.21. The number of aromatic nitrogens is 1. The molecule has 1 saturated heterocycles. The molecule has 0 bridgehead atoms. The van der Waals surface area contributed by atoms with Crippen molar-refractivity contribution in [2.24, 2.45) is 0 Å². The van der Waals surface area contributed by atoms with Crippen molar-refractivity contribution < 1.29 is 9.59 Å². The zero-order chi connectivity index (χ0) is 20.3. The summed E-state index contributed by atoms with van der Waals surface area (Å²) in [5.41, 5.74) is 3.78. The maximum atomic E-state index is 12.8. The largest absolute Gasteiger partial charge is 0.346 e. The van der Waals surface area contributed by atoms with E-state index in [1.807, 2.05) is 50.2 Å². The van der Waals surface area contributed by atoms with E-state index in [-0.39, 0.29) is 11.8 Å². The van der Waals surface area contributed by atoms with Crippen LogP contribution in [0.5, 0.6) is 0 Å². The summed E-state index contributed by atoms with van der Waals surface area (Å²) < 4.78 is 2.21. The smallest absolute Gasteiger partial charge is 0.321 e. The van der Waals surface area contributed by atoms with Crippen LogP contribution in [-0.4, -0.2) is 58.9 Å². The minimum absolute atomic E-state index is 0.0855. The van der Waals surface area contributed by atoms with E-state index in [2.05, 4.69) is 28.6 Å². The fourth-order valence-electron chi connectivity index (χ4n) is 3.98. The Kier molecular flexibility index (Phi) is 6.19. The summed E-state index contributed by atoms with van der Waals surface area (Å²) in [6.45, 7) is 11.4. The number of amides is 2. The number of para-hydroxylation sites is 1. The van der Waals surface area contributed by atoms with Crippen molar-refractivity contribution in [1.29, 1.82) is 0 Å². The maximum Gasteiger partial charge on any atom is 0.321 e. The van der Waals surface area contributed by atoms with Gasteiger partial charge in [-0.2, -0.15) is 0 Å². The molecule has 0 radical (unpaired) electrons. The molecule has 1 aliphatic heterocycles. The van der Waals surface area contributed by atoms with E-state index >= 15 is 0 Å². The second kappa shape index (κ2) is 8.61. The van der Waals surface area contributed by atoms with Gasteiger partial charge in [0.15, 0.2) is 5.78 Å². The van der Waals surface area contributed by atoms with Crippen molar-refractivity contribution in [2.75, 3.05) is 38.0 Å². The molecule has 28 heavy (non-hydrogen) atoms. The lowest BCUT2D eigenvalue weighted by Crippen LogP contribution is -2.51. The molecule has 3 rings (SSSR count). The van der Waals surface area contributed by atoms with E-state index in [9.17, 15) is 9.59 Å². The maximum absolute atomic E-state index is 12.8. The normalized spacial score (nSPS) is 15.1. The Morgan fingerprint density at radius 1 is 1.04 bits per heavy atom. The Bertz CT molecular complexity index is 834. The topological polar surface area (TPSA) is 57.6 Å². The Morgan fingerprint density at radius 2 is 1.68 bits per heavy atom. The molecule has 2 aromatic rings. The highest BCUT2D eigenvalue weighted by atomic mass is 16.2. The lowest BCUT2D eigenvalue weighted by Gasteiger charge is -2.34. The van der Waals surface area contributed by atoms with Gasteiger partial charge in [0.2, 0.25) is 0 Å². The van der Waals surface area contributed by atoms with E-state index in [1.54, 1.807) is 4.90 Å². The zero-order valence-electron chi connectivity index (χ0n) is 17.2. The van der Waals surface area contributed by atoms with Crippen LogP contribution in [0.2, 0.25) is 0 Å². The fourth-order valence-corrected chi connectivity index (χ4v) is 3.98. The second-order valence-corrected chi connectivity index (χ2v) is 7.73. The number of hydrogen-bond acceptors (Lipinski definition) is 3. The molecule has 0 aliphatic carbocycles. The molecule has 0 atom stereocenters. The fraction of sp³-hybridized carbons (Fsp3) is 0.455. The third-order valence-electron chi connectivity index (χ3n) is 5.35. The molecular formula is C22H30N4O2. The van der Waals surface area contributed by atoms with Gasteiger partial charge in [-0.15, -0.1) is 0 Å². The highest BCUT2D eigenvalue weighted by Gasteiger charge is 2.24. The van der Waals surface area contributed by atoms with Gasteiger partial charge < -0.3 is 14.8 Å². The predicted octanol–water partition coefficient (Wildman–Crippen LogP) is 3.72. The summed E-state index contributed by atoms with van der Waals surface area (Å²) in [7, 11) is 0. The number of benzene rings is 1. The minimum Gasteiger partial charge on any atom is -0.346 e. The summed E-state index contributed by atoms with van der Waals surface area (Å²) in [5, 5.41) is 2.92. The van der Waals surface area contributed by atoms with Gasteiger partial charge in [-0.1, -0.05) is 18.2 Å². The summed E-state index contributed by atoms with van der Waals surface area (Å²) in [6, 6.07) is 11.7. The van der Waals surface area contributed by atoms with Crippen molar-refractivity contribution in [3.63, 3.8) is 0 Å². The van der Waals surface area contributed by atoms with Gasteiger partial charge in [-0.05, 0) is 45.9 Å². The Hall–Kier alpha value is -2.60. The predicted molar refractivity (Wildman–Crippen MR) is 112 cm³/mol. The van der Waals surface area contributed by atoms with Gasteiger partial charge in [0.25, 0.3) is 0 Å². The number of nitrogens with one attached hydrogen (secondary N) is 1. The minimum atomic E-state index is -0.0855. The number of carbonyl (C=O) groups excluding carboxylic acids is 2. The molecule has 1 fully saturated rings. The number of rotatable bonds is 5. The van der Waals surface area contributed by atoms with Crippen LogP contribution in [0, 0.1) is 13.8 Å². The van der Waals surface area contributed by atoms with E-state index in [0.29, 0.717) is 38.8 Å². The van der Waals surface area contributed by atoms with Crippen LogP contribution in [0.15, 0.2) is 36.4 Å². The summed E-state index contributed by atoms with van der Waals surface area (Å²) in [4.78, 5) is 29.2. The van der Waals surface area contributed by atoms with Gasteiger partial charge in [0, 0.05) is 54.9 Å². The highest BCUT2D eigenvalue weighted by molar-refractivity contribution is 5.99. The molecule has 1 aromatic carbocycles. The van der Waals surface area contributed by atoms with Crippen molar-refractivity contribution >= 4 is 17.5 Å². The molecule has 150 valence electrons. The van der Waals surface area contributed by atoms with Crippen LogP contribution in [-0.2, 0) is 0 Å². The van der Waals surface area contributed by atoms with E-state index < -0.39 is 0 Å². The third kappa shape index (κ3) is 4.44. The molecule has 6 nitrogen and oxygen atoms in total. The number of piperazine rings is 1. The summed E-state index contributed by atoms with van der Waals surface area (Å²) >= 11 is 0. The molecule has 1 aromatic heterocycles. The van der Waals surface area contributed by atoms with Gasteiger partial charge in [0.1, 0.15) is 0 Å². The number of anilines is 1. The first-order valence-corrected chi connectivity index (χ1v) is 9.91. The van der Waals surface area contributed by atoms with Gasteiger partial charge in [-0.25, -0.2) is 4.79 Å².